The number of ether oxygens (including phenoxy) is 2. The zero-order valence-corrected chi connectivity index (χ0v) is 27.1. The lowest BCUT2D eigenvalue weighted by molar-refractivity contribution is -0.139. The molecule has 0 saturated carbocycles. The number of allylic oxidation sites excluding steroid dienone is 1. The van der Waals surface area contributed by atoms with E-state index in [9.17, 15) is 9.59 Å². The van der Waals surface area contributed by atoms with E-state index in [-0.39, 0.29) is 12.2 Å². The number of benzene rings is 2. The molecule has 8 nitrogen and oxygen atoms in total. The summed E-state index contributed by atoms with van der Waals surface area (Å²) in [6.45, 7) is 7.84. The maximum Gasteiger partial charge on any atom is 0.338 e. The van der Waals surface area contributed by atoms with Crippen molar-refractivity contribution < 1.29 is 14.3 Å². The zero-order valence-electron chi connectivity index (χ0n) is 24.7. The summed E-state index contributed by atoms with van der Waals surface area (Å²) in [5, 5.41) is 0. The molecule has 0 aliphatic carbocycles. The van der Waals surface area contributed by atoms with Gasteiger partial charge >= 0.3 is 5.97 Å². The third-order valence-corrected chi connectivity index (χ3v) is 8.86. The fourth-order valence-electron chi connectivity index (χ4n) is 5.38. The highest BCUT2D eigenvalue weighted by molar-refractivity contribution is 9.10. The molecule has 1 atom stereocenters. The van der Waals surface area contributed by atoms with Crippen molar-refractivity contribution in [2.75, 3.05) is 32.7 Å². The number of halogens is 1. The van der Waals surface area contributed by atoms with Gasteiger partial charge in [-0.25, -0.2) is 9.79 Å². The van der Waals surface area contributed by atoms with Crippen molar-refractivity contribution in [1.82, 2.24) is 9.13 Å². The maximum atomic E-state index is 14.1. The molecule has 3 heterocycles. The minimum absolute atomic E-state index is 0.204. The van der Waals surface area contributed by atoms with Gasteiger partial charge in [0.25, 0.3) is 5.56 Å². The van der Waals surface area contributed by atoms with E-state index < -0.39 is 12.0 Å². The molecule has 2 aromatic carbocycles. The van der Waals surface area contributed by atoms with E-state index in [1.54, 1.807) is 25.5 Å². The molecule has 0 N–H and O–H groups in total. The number of carbonyl (C=O) groups is 1. The van der Waals surface area contributed by atoms with Gasteiger partial charge in [-0.2, -0.15) is 0 Å². The minimum atomic E-state index is -0.766. The fraction of sp³-hybridized carbons (Fsp3) is 0.281. The van der Waals surface area contributed by atoms with Gasteiger partial charge in [-0.3, -0.25) is 9.36 Å². The highest BCUT2D eigenvalue weighted by Crippen LogP contribution is 2.37. The van der Waals surface area contributed by atoms with Crippen molar-refractivity contribution >= 4 is 45.0 Å². The largest absolute Gasteiger partial charge is 0.496 e. The Bertz CT molecular complexity index is 1900. The molecule has 4 aromatic rings. The second-order valence-corrected chi connectivity index (χ2v) is 12.2. The van der Waals surface area contributed by atoms with Gasteiger partial charge in [0.05, 0.1) is 29.5 Å². The van der Waals surface area contributed by atoms with Crippen molar-refractivity contribution in [3.05, 3.63) is 106 Å². The molecule has 0 saturated heterocycles. The standard InChI is InChI=1S/C32H33BrN4O4S/c1-8-41-31(39)28-19(3)34-32-37(29(28)25-17-22(33)9-14-26(25)40-7)30(38)27(42-32)16-21-15-18(2)36(20(21)4)24-12-10-23(11-13-24)35(5)6/h9-17,29H,8H2,1-7H3/b27-16-/t29-/m0/s1. The number of anilines is 1. The topological polar surface area (TPSA) is 78.1 Å². The Morgan fingerprint density at radius 2 is 1.83 bits per heavy atom. The van der Waals surface area contributed by atoms with Crippen molar-refractivity contribution in [3.8, 4) is 11.4 Å². The van der Waals surface area contributed by atoms with Crippen LogP contribution < -0.4 is 24.5 Å². The number of rotatable bonds is 7. The Morgan fingerprint density at radius 3 is 2.48 bits per heavy atom. The number of methoxy groups -OCH3 is 1. The van der Waals surface area contributed by atoms with E-state index >= 15 is 0 Å². The first-order valence-electron chi connectivity index (χ1n) is 13.6. The van der Waals surface area contributed by atoms with Crippen molar-refractivity contribution in [1.29, 1.82) is 0 Å². The van der Waals surface area contributed by atoms with Crippen LogP contribution >= 0.6 is 27.3 Å². The number of aryl methyl sites for hydroxylation is 1. The third-order valence-electron chi connectivity index (χ3n) is 7.38. The molecule has 2 aromatic heterocycles. The molecule has 0 bridgehead atoms. The highest BCUT2D eigenvalue weighted by Gasteiger charge is 2.35. The molecular formula is C32H33BrN4O4S. The molecule has 0 spiro atoms. The second kappa shape index (κ2) is 11.8. The zero-order chi connectivity index (χ0) is 30.3. The van der Waals surface area contributed by atoms with Crippen LogP contribution in [0.4, 0.5) is 5.69 Å². The van der Waals surface area contributed by atoms with E-state index in [1.807, 2.05) is 45.3 Å². The predicted molar refractivity (Wildman–Crippen MR) is 171 cm³/mol. The minimum Gasteiger partial charge on any atom is -0.496 e. The number of thiazole rings is 1. The van der Waals surface area contributed by atoms with Crippen molar-refractivity contribution in [2.24, 2.45) is 4.99 Å². The lowest BCUT2D eigenvalue weighted by atomic mass is 9.95. The summed E-state index contributed by atoms with van der Waals surface area (Å²) in [5.74, 6) is 0.0435. The molecule has 0 amide bonds. The smallest absolute Gasteiger partial charge is 0.338 e. The van der Waals surface area contributed by atoms with Gasteiger partial charge in [0, 0.05) is 46.9 Å². The summed E-state index contributed by atoms with van der Waals surface area (Å²) in [7, 11) is 5.61. The number of nitrogens with zero attached hydrogens (tertiary/aromatic N) is 4. The first kappa shape index (κ1) is 29.6. The van der Waals surface area contributed by atoms with Gasteiger partial charge < -0.3 is 18.9 Å². The SMILES string of the molecule is CCOC(=O)C1=C(C)N=c2s/c(=C\c3cc(C)n(-c4ccc(N(C)C)cc4)c3C)c(=O)n2[C@H]1c1cc(Br)ccc1OC. The van der Waals surface area contributed by atoms with E-state index in [4.69, 9.17) is 14.5 Å². The number of hydrogen-bond acceptors (Lipinski definition) is 7. The van der Waals surface area contributed by atoms with Crippen LogP contribution in [0.2, 0.25) is 0 Å². The number of fused-ring (bicyclic) bond motifs is 1. The summed E-state index contributed by atoms with van der Waals surface area (Å²) >= 11 is 4.85. The molecule has 1 aliphatic heterocycles. The third kappa shape index (κ3) is 5.25. The average molecular weight is 650 g/mol. The summed E-state index contributed by atoms with van der Waals surface area (Å²) < 4.78 is 16.2. The van der Waals surface area contributed by atoms with E-state index in [2.05, 4.69) is 62.7 Å². The molecule has 5 rings (SSSR count). The van der Waals surface area contributed by atoms with Gasteiger partial charge in [-0.05, 0) is 87.9 Å². The molecule has 218 valence electrons. The maximum absolute atomic E-state index is 14.1. The van der Waals surface area contributed by atoms with Gasteiger partial charge in [0.15, 0.2) is 4.80 Å². The van der Waals surface area contributed by atoms with Crippen molar-refractivity contribution in [3.63, 3.8) is 0 Å². The second-order valence-electron chi connectivity index (χ2n) is 10.3. The molecule has 0 radical (unpaired) electrons. The number of hydrogen-bond donors (Lipinski definition) is 0. The number of carbonyl (C=O) groups excluding carboxylic acids is 1. The monoisotopic (exact) mass is 648 g/mol. The Morgan fingerprint density at radius 1 is 1.12 bits per heavy atom. The predicted octanol–water partition coefficient (Wildman–Crippen LogP) is 5.04. The summed E-state index contributed by atoms with van der Waals surface area (Å²) in [5.41, 5.74) is 6.43. The van der Waals surface area contributed by atoms with Crippen LogP contribution in [-0.4, -0.2) is 42.9 Å². The van der Waals surface area contributed by atoms with Gasteiger partial charge in [0.2, 0.25) is 0 Å². The molecule has 10 heteroatoms. The number of esters is 1. The van der Waals surface area contributed by atoms with Crippen LogP contribution in [0.25, 0.3) is 11.8 Å². The van der Waals surface area contributed by atoms with Crippen LogP contribution in [-0.2, 0) is 9.53 Å². The Balaban J connectivity index is 1.69. The summed E-state index contributed by atoms with van der Waals surface area (Å²) in [6, 6.07) is 15.2. The van der Waals surface area contributed by atoms with Gasteiger partial charge in [0.1, 0.15) is 11.8 Å². The van der Waals surface area contributed by atoms with Crippen LogP contribution in [0.5, 0.6) is 5.75 Å². The first-order valence-corrected chi connectivity index (χ1v) is 15.2. The van der Waals surface area contributed by atoms with Crippen LogP contribution in [0.15, 0.2) is 74.1 Å². The summed E-state index contributed by atoms with van der Waals surface area (Å²) in [4.78, 5) is 34.7. The van der Waals surface area contributed by atoms with Crippen LogP contribution in [0.1, 0.15) is 42.4 Å². The first-order chi connectivity index (χ1) is 20.0. The van der Waals surface area contributed by atoms with E-state index in [0.717, 1.165) is 32.8 Å². The van der Waals surface area contributed by atoms with Gasteiger partial charge in [-0.15, -0.1) is 0 Å². The molecule has 1 aliphatic rings. The Labute approximate surface area is 257 Å². The molecule has 0 unspecified atom stereocenters. The number of aromatic nitrogens is 2. The van der Waals surface area contributed by atoms with E-state index in [1.165, 1.54) is 11.3 Å². The van der Waals surface area contributed by atoms with E-state index in [0.29, 0.717) is 31.9 Å². The highest BCUT2D eigenvalue weighted by atomic mass is 79.9. The quantitative estimate of drug-likeness (QED) is 0.262. The van der Waals surface area contributed by atoms with Crippen LogP contribution in [0, 0.1) is 13.8 Å². The molecular weight excluding hydrogens is 616 g/mol. The van der Waals surface area contributed by atoms with Crippen LogP contribution in [0.3, 0.4) is 0 Å². The normalized spacial score (nSPS) is 15.0. The molecule has 42 heavy (non-hydrogen) atoms. The molecule has 0 fully saturated rings. The summed E-state index contributed by atoms with van der Waals surface area (Å²) in [6.07, 6.45) is 1.91. The lowest BCUT2D eigenvalue weighted by Gasteiger charge is -2.26. The van der Waals surface area contributed by atoms with Crippen molar-refractivity contribution in [2.45, 2.75) is 33.7 Å². The Kier molecular flexibility index (Phi) is 8.30. The average Bonchev–Trinajstić information content (AvgIpc) is 3.41. The fourth-order valence-corrected chi connectivity index (χ4v) is 6.79. The Hall–Kier alpha value is -3.89. The van der Waals surface area contributed by atoms with Gasteiger partial charge in [-0.1, -0.05) is 27.3 Å². The lowest BCUT2D eigenvalue weighted by Crippen LogP contribution is -2.40.